The average molecular weight is 269 g/mol. The van der Waals surface area contributed by atoms with Gasteiger partial charge in [-0.05, 0) is 47.7 Å². The summed E-state index contributed by atoms with van der Waals surface area (Å²) in [4.78, 5) is 0. The molecule has 0 aliphatic carbocycles. The Morgan fingerprint density at radius 3 is 1.70 bits per heavy atom. The summed E-state index contributed by atoms with van der Waals surface area (Å²) in [6.45, 7) is 8.59. The molecule has 0 amide bonds. The van der Waals surface area contributed by atoms with Crippen molar-refractivity contribution in [3.8, 4) is 11.5 Å². The molecule has 2 nitrogen and oxygen atoms in total. The van der Waals surface area contributed by atoms with Crippen molar-refractivity contribution in [2.45, 2.75) is 39.2 Å². The Labute approximate surface area is 121 Å². The first-order chi connectivity index (χ1) is 9.36. The number of nitrogens with two attached hydrogens (primary N) is 1. The Balaban J connectivity index is 2.10. The van der Waals surface area contributed by atoms with Gasteiger partial charge in [0.25, 0.3) is 0 Å². The molecule has 0 radical (unpaired) electrons. The van der Waals surface area contributed by atoms with Crippen LogP contribution in [0.1, 0.15) is 44.9 Å². The molecule has 2 N–H and O–H groups in total. The van der Waals surface area contributed by atoms with E-state index in [9.17, 15) is 0 Å². The first-order valence-corrected chi connectivity index (χ1v) is 7.00. The number of hydrogen-bond acceptors (Lipinski definition) is 2. The minimum Gasteiger partial charge on any atom is -0.457 e. The van der Waals surface area contributed by atoms with Gasteiger partial charge in [-0.2, -0.15) is 0 Å². The quantitative estimate of drug-likeness (QED) is 0.869. The minimum absolute atomic E-state index is 0.0510. The van der Waals surface area contributed by atoms with E-state index >= 15 is 0 Å². The Hall–Kier alpha value is -1.80. The molecule has 0 saturated carbocycles. The van der Waals surface area contributed by atoms with E-state index in [1.54, 1.807) is 0 Å². The van der Waals surface area contributed by atoms with Crippen molar-refractivity contribution in [3.05, 3.63) is 59.7 Å². The van der Waals surface area contributed by atoms with E-state index < -0.39 is 0 Å². The highest BCUT2D eigenvalue weighted by Crippen LogP contribution is 2.27. The van der Waals surface area contributed by atoms with Crippen molar-refractivity contribution in [1.82, 2.24) is 0 Å². The lowest BCUT2D eigenvalue weighted by atomic mass is 9.87. The fourth-order valence-corrected chi connectivity index (χ4v) is 2.00. The first kappa shape index (κ1) is 14.6. The fraction of sp³-hybridized carbons (Fsp3) is 0.333. The van der Waals surface area contributed by atoms with Crippen molar-refractivity contribution in [1.29, 1.82) is 0 Å². The third-order valence-corrected chi connectivity index (χ3v) is 3.36. The van der Waals surface area contributed by atoms with E-state index in [0.717, 1.165) is 17.1 Å². The maximum atomic E-state index is 5.84. The molecule has 0 spiro atoms. The lowest BCUT2D eigenvalue weighted by Crippen LogP contribution is -2.10. The van der Waals surface area contributed by atoms with Crippen LogP contribution in [-0.4, -0.2) is 0 Å². The maximum absolute atomic E-state index is 5.84. The standard InChI is InChI=1S/C18H23NO/c1-13(19)14-5-9-16(10-6-14)20-17-11-7-15(8-12-17)18(2,3)4/h5-13H,19H2,1-4H3/t13-/m1/s1. The van der Waals surface area contributed by atoms with Crippen LogP contribution in [0.2, 0.25) is 0 Å². The van der Waals surface area contributed by atoms with E-state index in [-0.39, 0.29) is 11.5 Å². The number of ether oxygens (including phenoxy) is 1. The molecule has 2 aromatic carbocycles. The zero-order valence-corrected chi connectivity index (χ0v) is 12.7. The van der Waals surface area contributed by atoms with Gasteiger partial charge in [0.15, 0.2) is 0 Å². The van der Waals surface area contributed by atoms with Gasteiger partial charge in [0, 0.05) is 6.04 Å². The highest BCUT2D eigenvalue weighted by Gasteiger charge is 2.13. The summed E-state index contributed by atoms with van der Waals surface area (Å²) in [5.74, 6) is 1.68. The highest BCUT2D eigenvalue weighted by atomic mass is 16.5. The molecule has 0 heterocycles. The predicted octanol–water partition coefficient (Wildman–Crippen LogP) is 4.80. The zero-order valence-electron chi connectivity index (χ0n) is 12.7. The number of hydrogen-bond donors (Lipinski definition) is 1. The molecule has 2 aromatic rings. The second-order valence-corrected chi connectivity index (χ2v) is 6.23. The molecule has 20 heavy (non-hydrogen) atoms. The molecule has 2 rings (SSSR count). The second kappa shape index (κ2) is 5.68. The van der Waals surface area contributed by atoms with Crippen LogP contribution in [-0.2, 0) is 5.41 Å². The molecule has 2 heteroatoms. The molecule has 0 unspecified atom stereocenters. The molecule has 1 atom stereocenters. The van der Waals surface area contributed by atoms with Crippen LogP contribution in [0, 0.1) is 0 Å². The topological polar surface area (TPSA) is 35.2 Å². The predicted molar refractivity (Wildman–Crippen MR) is 84.3 cm³/mol. The molecule has 0 fully saturated rings. The summed E-state index contributed by atoms with van der Waals surface area (Å²) < 4.78 is 5.84. The van der Waals surface area contributed by atoms with Crippen molar-refractivity contribution in [3.63, 3.8) is 0 Å². The highest BCUT2D eigenvalue weighted by molar-refractivity contribution is 5.36. The van der Waals surface area contributed by atoms with E-state index in [4.69, 9.17) is 10.5 Å². The summed E-state index contributed by atoms with van der Waals surface area (Å²) in [5.41, 5.74) is 8.41. The van der Waals surface area contributed by atoms with Gasteiger partial charge in [-0.1, -0.05) is 45.0 Å². The van der Waals surface area contributed by atoms with Crippen molar-refractivity contribution in [2.24, 2.45) is 5.73 Å². The lowest BCUT2D eigenvalue weighted by Gasteiger charge is -2.19. The molecule has 106 valence electrons. The van der Waals surface area contributed by atoms with Gasteiger partial charge in [0.05, 0.1) is 0 Å². The van der Waals surface area contributed by atoms with Gasteiger partial charge in [0.1, 0.15) is 11.5 Å². The van der Waals surface area contributed by atoms with Crippen LogP contribution < -0.4 is 10.5 Å². The largest absolute Gasteiger partial charge is 0.457 e. The maximum Gasteiger partial charge on any atom is 0.127 e. The Morgan fingerprint density at radius 1 is 0.850 bits per heavy atom. The van der Waals surface area contributed by atoms with Gasteiger partial charge >= 0.3 is 0 Å². The second-order valence-electron chi connectivity index (χ2n) is 6.23. The third kappa shape index (κ3) is 3.61. The molecule has 0 saturated heterocycles. The van der Waals surface area contributed by atoms with E-state index in [0.29, 0.717) is 0 Å². The number of rotatable bonds is 3. The SMILES string of the molecule is C[C@@H](N)c1ccc(Oc2ccc(C(C)(C)C)cc2)cc1. The summed E-state index contributed by atoms with van der Waals surface area (Å²) >= 11 is 0. The van der Waals surface area contributed by atoms with Gasteiger partial charge in [0.2, 0.25) is 0 Å². The smallest absolute Gasteiger partial charge is 0.127 e. The van der Waals surface area contributed by atoms with Gasteiger partial charge in [-0.3, -0.25) is 0 Å². The van der Waals surface area contributed by atoms with Crippen LogP contribution in [0.4, 0.5) is 0 Å². The van der Waals surface area contributed by atoms with E-state index in [2.05, 4.69) is 32.9 Å². The van der Waals surface area contributed by atoms with E-state index in [1.807, 2.05) is 43.3 Å². The third-order valence-electron chi connectivity index (χ3n) is 3.36. The molecule has 0 aliphatic heterocycles. The molecular weight excluding hydrogens is 246 g/mol. The molecule has 0 bridgehead atoms. The molecule has 0 aliphatic rings. The first-order valence-electron chi connectivity index (χ1n) is 7.00. The summed E-state index contributed by atoms with van der Waals surface area (Å²) in [6, 6.07) is 16.2. The number of benzene rings is 2. The Bertz CT molecular complexity index is 547. The summed E-state index contributed by atoms with van der Waals surface area (Å²) in [7, 11) is 0. The van der Waals surface area contributed by atoms with E-state index in [1.165, 1.54) is 5.56 Å². The average Bonchev–Trinajstić information content (AvgIpc) is 2.39. The Morgan fingerprint density at radius 2 is 1.30 bits per heavy atom. The zero-order chi connectivity index (χ0) is 14.8. The summed E-state index contributed by atoms with van der Waals surface area (Å²) in [6.07, 6.45) is 0. The van der Waals surface area contributed by atoms with Gasteiger partial charge < -0.3 is 10.5 Å². The van der Waals surface area contributed by atoms with Crippen LogP contribution in [0.5, 0.6) is 11.5 Å². The van der Waals surface area contributed by atoms with Crippen LogP contribution in [0.25, 0.3) is 0 Å². The van der Waals surface area contributed by atoms with Crippen molar-refractivity contribution < 1.29 is 4.74 Å². The Kier molecular flexibility index (Phi) is 4.15. The monoisotopic (exact) mass is 269 g/mol. The van der Waals surface area contributed by atoms with Gasteiger partial charge in [-0.15, -0.1) is 0 Å². The van der Waals surface area contributed by atoms with Crippen LogP contribution >= 0.6 is 0 Å². The van der Waals surface area contributed by atoms with Crippen LogP contribution in [0.15, 0.2) is 48.5 Å². The van der Waals surface area contributed by atoms with Crippen molar-refractivity contribution >= 4 is 0 Å². The normalized spacial score (nSPS) is 13.1. The van der Waals surface area contributed by atoms with Crippen LogP contribution in [0.3, 0.4) is 0 Å². The molecular formula is C18H23NO. The summed E-state index contributed by atoms with van der Waals surface area (Å²) in [5, 5.41) is 0. The molecule has 0 aromatic heterocycles. The lowest BCUT2D eigenvalue weighted by molar-refractivity contribution is 0.481. The van der Waals surface area contributed by atoms with Gasteiger partial charge in [-0.25, -0.2) is 0 Å². The minimum atomic E-state index is 0.0510. The fourth-order valence-electron chi connectivity index (χ4n) is 2.00. The van der Waals surface area contributed by atoms with Crippen molar-refractivity contribution in [2.75, 3.05) is 0 Å².